The van der Waals surface area contributed by atoms with Crippen molar-refractivity contribution in [1.82, 2.24) is 9.80 Å². The second-order valence-electron chi connectivity index (χ2n) is 8.25. The van der Waals surface area contributed by atoms with Crippen LogP contribution in [-0.4, -0.2) is 58.5 Å². The Morgan fingerprint density at radius 1 is 0.667 bits per heavy atom. The van der Waals surface area contributed by atoms with Gasteiger partial charge in [-0.05, 0) is 25.7 Å². The van der Waals surface area contributed by atoms with E-state index in [2.05, 4.69) is 0 Å². The van der Waals surface area contributed by atoms with E-state index in [-0.39, 0.29) is 38.8 Å². The molecule has 6 atom stereocenters. The Labute approximate surface area is 171 Å². The van der Waals surface area contributed by atoms with Gasteiger partial charge >= 0.3 is 0 Å². The largest absolute Gasteiger partial charge is 0.550 e. The van der Waals surface area contributed by atoms with Gasteiger partial charge in [-0.25, -0.2) is 0 Å². The van der Waals surface area contributed by atoms with E-state index in [0.717, 1.165) is 9.80 Å². The zero-order valence-electron chi connectivity index (χ0n) is 16.0. The number of carboxylic acid groups (broad SMARTS) is 2. The normalized spacial score (nSPS) is 34.0. The summed E-state index contributed by atoms with van der Waals surface area (Å²) in [5, 5.41) is 21.2. The van der Waals surface area contributed by atoms with E-state index in [1.807, 2.05) is 0 Å². The molecule has 4 amide bonds. The highest BCUT2D eigenvalue weighted by molar-refractivity contribution is 6.10. The van der Waals surface area contributed by atoms with Gasteiger partial charge in [0, 0.05) is 36.9 Å². The zero-order chi connectivity index (χ0) is 21.7. The minimum atomic E-state index is -1.27. The van der Waals surface area contributed by atoms with Crippen LogP contribution in [0.2, 0.25) is 0 Å². The summed E-state index contributed by atoms with van der Waals surface area (Å²) in [6, 6.07) is 0. The SMILES string of the molecule is O=C([O-])CCCN1C(=O)[C@@H]2C3C=CC([C@H]2C1=O)[C@@H]1C(=O)N(CCCC(=O)[O-])C(=O)[C@@H]31. The van der Waals surface area contributed by atoms with Crippen LogP contribution in [-0.2, 0) is 28.8 Å². The Kier molecular flexibility index (Phi) is 4.95. The first-order valence-corrected chi connectivity index (χ1v) is 10.0. The van der Waals surface area contributed by atoms with E-state index < -0.39 is 71.1 Å². The van der Waals surface area contributed by atoms with Gasteiger partial charge in [0.2, 0.25) is 23.6 Å². The first-order valence-electron chi connectivity index (χ1n) is 10.0. The number of aliphatic carboxylic acids is 2. The summed E-state index contributed by atoms with van der Waals surface area (Å²) in [4.78, 5) is 75.1. The molecule has 10 heteroatoms. The molecule has 3 aliphatic carbocycles. The van der Waals surface area contributed by atoms with E-state index >= 15 is 0 Å². The standard InChI is InChI=1S/C20H22N2O8/c23-11(24)3-1-7-21-17(27)13-9-5-6-10(14(13)18(21)28)16-15(9)19(29)22(20(16)30)8-2-4-12(25)26/h5-6,9-10,13-16H,1-4,7-8H2,(H,23,24)(H,25,26)/p-2/t9?,10?,13-,14-,15+,16+. The molecule has 160 valence electrons. The first-order chi connectivity index (χ1) is 14.2. The maximum Gasteiger partial charge on any atom is 0.233 e. The van der Waals surface area contributed by atoms with Gasteiger partial charge in [0.05, 0.1) is 23.7 Å². The van der Waals surface area contributed by atoms with Crippen molar-refractivity contribution in [2.24, 2.45) is 35.5 Å². The maximum absolute atomic E-state index is 12.9. The maximum atomic E-state index is 12.9. The van der Waals surface area contributed by atoms with Crippen LogP contribution in [0.15, 0.2) is 12.2 Å². The molecular weight excluding hydrogens is 396 g/mol. The predicted octanol–water partition coefficient (Wildman–Crippen LogP) is -2.94. The molecule has 0 aromatic rings. The second-order valence-corrected chi connectivity index (χ2v) is 8.25. The first kappa shape index (κ1) is 20.2. The minimum absolute atomic E-state index is 0.0370. The fraction of sp³-hybridized carbons (Fsp3) is 0.600. The van der Waals surface area contributed by atoms with Gasteiger partial charge in [0.15, 0.2) is 0 Å². The molecule has 2 unspecified atom stereocenters. The third kappa shape index (κ3) is 2.93. The van der Waals surface area contributed by atoms with Crippen LogP contribution >= 0.6 is 0 Å². The Balaban J connectivity index is 1.55. The number of hydrogen-bond donors (Lipinski definition) is 0. The van der Waals surface area contributed by atoms with E-state index in [9.17, 15) is 39.0 Å². The van der Waals surface area contributed by atoms with Crippen LogP contribution < -0.4 is 10.2 Å². The van der Waals surface area contributed by atoms with Gasteiger partial charge in [-0.15, -0.1) is 0 Å². The Hall–Kier alpha value is -3.04. The average Bonchev–Trinajstić information content (AvgIpc) is 3.10. The average molecular weight is 416 g/mol. The summed E-state index contributed by atoms with van der Waals surface area (Å²) >= 11 is 0. The van der Waals surface area contributed by atoms with Crippen molar-refractivity contribution in [1.29, 1.82) is 0 Å². The molecule has 0 aromatic carbocycles. The van der Waals surface area contributed by atoms with E-state index in [0.29, 0.717) is 0 Å². The fourth-order valence-corrected chi connectivity index (χ4v) is 5.55. The Morgan fingerprint density at radius 3 is 1.23 bits per heavy atom. The molecule has 5 aliphatic rings. The molecule has 2 aliphatic heterocycles. The van der Waals surface area contributed by atoms with Crippen LogP contribution in [0.25, 0.3) is 0 Å². The summed E-state index contributed by atoms with van der Waals surface area (Å²) in [6.07, 6.45) is 3.08. The number of likely N-dealkylation sites (tertiary alicyclic amines) is 2. The van der Waals surface area contributed by atoms with Gasteiger partial charge in [0.1, 0.15) is 0 Å². The molecule has 2 heterocycles. The van der Waals surface area contributed by atoms with E-state index in [1.165, 1.54) is 0 Å². The van der Waals surface area contributed by atoms with Crippen LogP contribution in [0, 0.1) is 35.5 Å². The topological polar surface area (TPSA) is 155 Å². The summed E-state index contributed by atoms with van der Waals surface area (Å²) in [6.45, 7) is -0.0741. The minimum Gasteiger partial charge on any atom is -0.550 e. The van der Waals surface area contributed by atoms with Gasteiger partial charge in [-0.2, -0.15) is 0 Å². The monoisotopic (exact) mass is 416 g/mol. The van der Waals surface area contributed by atoms with Crippen LogP contribution in [0.4, 0.5) is 0 Å². The molecule has 5 rings (SSSR count). The van der Waals surface area contributed by atoms with E-state index in [1.54, 1.807) is 12.2 Å². The number of carboxylic acids is 2. The number of nitrogens with zero attached hydrogens (tertiary/aromatic N) is 2. The highest BCUT2D eigenvalue weighted by atomic mass is 16.4. The zero-order valence-corrected chi connectivity index (χ0v) is 16.0. The van der Waals surface area contributed by atoms with Crippen molar-refractivity contribution in [2.75, 3.05) is 13.1 Å². The van der Waals surface area contributed by atoms with Gasteiger partial charge in [-0.3, -0.25) is 29.0 Å². The Bertz CT molecular complexity index is 766. The summed E-state index contributed by atoms with van der Waals surface area (Å²) in [5.41, 5.74) is 0. The van der Waals surface area contributed by atoms with Crippen molar-refractivity contribution in [3.63, 3.8) is 0 Å². The number of imide groups is 2. The molecule has 0 aromatic heterocycles. The summed E-state index contributed by atoms with van der Waals surface area (Å²) in [5.74, 6) is -8.40. The smallest absolute Gasteiger partial charge is 0.233 e. The van der Waals surface area contributed by atoms with Crippen LogP contribution in [0.1, 0.15) is 25.7 Å². The number of amides is 4. The summed E-state index contributed by atoms with van der Waals surface area (Å²) in [7, 11) is 0. The molecule has 30 heavy (non-hydrogen) atoms. The van der Waals surface area contributed by atoms with Crippen molar-refractivity contribution in [3.8, 4) is 0 Å². The molecule has 3 fully saturated rings. The highest BCUT2D eigenvalue weighted by Crippen LogP contribution is 2.57. The molecule has 10 nitrogen and oxygen atoms in total. The Morgan fingerprint density at radius 2 is 0.967 bits per heavy atom. The third-order valence-corrected chi connectivity index (χ3v) is 6.72. The third-order valence-electron chi connectivity index (χ3n) is 6.72. The lowest BCUT2D eigenvalue weighted by atomic mass is 9.54. The van der Waals surface area contributed by atoms with Crippen LogP contribution in [0.3, 0.4) is 0 Å². The molecule has 0 N–H and O–H groups in total. The fourth-order valence-electron chi connectivity index (χ4n) is 5.55. The van der Waals surface area contributed by atoms with Gasteiger partial charge in [-0.1, -0.05) is 12.2 Å². The van der Waals surface area contributed by atoms with E-state index in [4.69, 9.17) is 0 Å². The van der Waals surface area contributed by atoms with Crippen molar-refractivity contribution in [2.45, 2.75) is 25.7 Å². The molecular formula is C20H20N2O8-2. The molecule has 2 saturated heterocycles. The number of hydrogen-bond acceptors (Lipinski definition) is 8. The van der Waals surface area contributed by atoms with Crippen molar-refractivity contribution >= 4 is 35.6 Å². The van der Waals surface area contributed by atoms with Gasteiger partial charge in [0.25, 0.3) is 0 Å². The van der Waals surface area contributed by atoms with Crippen molar-refractivity contribution < 1.29 is 39.0 Å². The number of rotatable bonds is 8. The lowest BCUT2D eigenvalue weighted by molar-refractivity contribution is -0.307. The van der Waals surface area contributed by atoms with Gasteiger partial charge < -0.3 is 19.8 Å². The summed E-state index contributed by atoms with van der Waals surface area (Å²) < 4.78 is 0. The highest BCUT2D eigenvalue weighted by Gasteiger charge is 2.68. The van der Waals surface area contributed by atoms with Crippen LogP contribution in [0.5, 0.6) is 0 Å². The lowest BCUT2D eigenvalue weighted by Crippen LogP contribution is -2.50. The molecule has 2 bridgehead atoms. The number of carbonyl (C=O) groups excluding carboxylic acids is 6. The lowest BCUT2D eigenvalue weighted by Gasteiger charge is -2.44. The number of allylic oxidation sites excluding steroid dienone is 2. The molecule has 0 radical (unpaired) electrons. The quantitative estimate of drug-likeness (QED) is 0.301. The predicted molar refractivity (Wildman–Crippen MR) is 92.0 cm³/mol. The number of carbonyl (C=O) groups is 6. The van der Waals surface area contributed by atoms with Crippen molar-refractivity contribution in [3.05, 3.63) is 12.2 Å². The molecule has 0 spiro atoms. The second kappa shape index (κ2) is 7.33. The molecule has 1 saturated carbocycles.